The number of hydrogen-bond donors (Lipinski definition) is 2. The Kier molecular flexibility index (Phi) is 8.80. The highest BCUT2D eigenvalue weighted by atomic mass is 16.6. The molecular weight excluding hydrogens is 340 g/mol. The van der Waals surface area contributed by atoms with Crippen molar-refractivity contribution in [3.05, 3.63) is 36.5 Å². The minimum Gasteiger partial charge on any atom is -0.478 e. The van der Waals surface area contributed by atoms with Crippen molar-refractivity contribution in [2.24, 2.45) is 0 Å². The number of aliphatic carboxylic acids is 2. The van der Waals surface area contributed by atoms with Crippen molar-refractivity contribution in [1.82, 2.24) is 0 Å². The minimum absolute atomic E-state index is 0.460. The highest BCUT2D eigenvalue weighted by Crippen LogP contribution is 2.03. The minimum atomic E-state index is -1.42. The van der Waals surface area contributed by atoms with Gasteiger partial charge in [0.05, 0.1) is 19.3 Å². The molecule has 0 aliphatic heterocycles. The number of carbonyl (C=O) groups excluding carboxylic acids is 4. The zero-order valence-electron chi connectivity index (χ0n) is 12.9. The van der Waals surface area contributed by atoms with Gasteiger partial charge in [-0.25, -0.2) is 14.4 Å². The molecule has 0 aromatic carbocycles. The van der Waals surface area contributed by atoms with Crippen molar-refractivity contribution in [3.63, 3.8) is 0 Å². The molecule has 0 spiro atoms. The monoisotopic (exact) mass is 354 g/mol. The summed E-state index contributed by atoms with van der Waals surface area (Å²) in [7, 11) is 0. The fourth-order valence-electron chi connectivity index (χ4n) is 1.14. The third kappa shape index (κ3) is 9.94. The summed E-state index contributed by atoms with van der Waals surface area (Å²) in [4.78, 5) is 65.7. The van der Waals surface area contributed by atoms with E-state index < -0.39 is 66.2 Å². The summed E-state index contributed by atoms with van der Waals surface area (Å²) in [6.07, 6.45) is -0.281. The Morgan fingerprint density at radius 1 is 0.760 bits per heavy atom. The Bertz CT molecular complexity index is 668. The van der Waals surface area contributed by atoms with Gasteiger partial charge in [0.2, 0.25) is 0 Å². The lowest BCUT2D eigenvalue weighted by atomic mass is 10.2. The van der Waals surface area contributed by atoms with Gasteiger partial charge in [0.15, 0.2) is 0 Å². The van der Waals surface area contributed by atoms with Crippen molar-refractivity contribution >= 4 is 35.8 Å². The van der Waals surface area contributed by atoms with Crippen molar-refractivity contribution in [3.8, 4) is 0 Å². The largest absolute Gasteiger partial charge is 0.478 e. The molecule has 2 N–H and O–H groups in total. The van der Waals surface area contributed by atoms with Crippen LogP contribution in [-0.4, -0.2) is 46.0 Å². The molecule has 0 saturated heterocycles. The second-order valence-electron chi connectivity index (χ2n) is 4.42. The summed E-state index contributed by atoms with van der Waals surface area (Å²) in [5.41, 5.74) is -0.926. The third-order valence-corrected chi connectivity index (χ3v) is 2.30. The van der Waals surface area contributed by atoms with E-state index in [1.165, 1.54) is 0 Å². The Labute approximate surface area is 141 Å². The van der Waals surface area contributed by atoms with E-state index in [1.54, 1.807) is 0 Å². The summed E-state index contributed by atoms with van der Waals surface area (Å²) in [6.45, 7) is 6.16. The maximum Gasteiger partial charge on any atom is 0.338 e. The Morgan fingerprint density at radius 2 is 1.20 bits per heavy atom. The molecule has 0 saturated carbocycles. The Hall–Kier alpha value is -3.56. The molecule has 0 aromatic heterocycles. The number of hydrogen-bond acceptors (Lipinski definition) is 8. The topological polar surface area (TPSA) is 161 Å². The third-order valence-electron chi connectivity index (χ3n) is 2.30. The number of rotatable bonds is 9. The van der Waals surface area contributed by atoms with Crippen LogP contribution in [0.15, 0.2) is 36.5 Å². The lowest BCUT2D eigenvalue weighted by Gasteiger charge is -2.01. The smallest absolute Gasteiger partial charge is 0.338 e. The molecule has 0 radical (unpaired) electrons. The summed E-state index contributed by atoms with van der Waals surface area (Å²) in [6, 6.07) is 0. The molecule has 0 fully saturated rings. The lowest BCUT2D eigenvalue weighted by molar-refractivity contribution is -0.159. The van der Waals surface area contributed by atoms with Gasteiger partial charge in [-0.05, 0) is 0 Å². The van der Waals surface area contributed by atoms with Crippen molar-refractivity contribution in [2.45, 2.75) is 19.3 Å². The first kappa shape index (κ1) is 21.4. The van der Waals surface area contributed by atoms with Gasteiger partial charge >= 0.3 is 35.8 Å². The molecule has 0 aliphatic rings. The molecular formula is C15H14O10. The Balaban J connectivity index is 4.25. The molecule has 0 amide bonds. The normalized spacial score (nSPS) is 9.92. The van der Waals surface area contributed by atoms with Gasteiger partial charge in [-0.1, -0.05) is 19.2 Å². The molecule has 10 heteroatoms. The average molecular weight is 354 g/mol. The van der Waals surface area contributed by atoms with Gasteiger partial charge in [0.25, 0.3) is 0 Å². The van der Waals surface area contributed by atoms with Crippen LogP contribution in [-0.2, 0) is 38.2 Å². The summed E-state index contributed by atoms with van der Waals surface area (Å²) >= 11 is 0. The molecule has 0 atom stereocenters. The van der Waals surface area contributed by atoms with Gasteiger partial charge in [0.1, 0.15) is 0 Å². The zero-order valence-corrected chi connectivity index (χ0v) is 12.9. The molecule has 0 heterocycles. The maximum absolute atomic E-state index is 11.3. The average Bonchev–Trinajstić information content (AvgIpc) is 2.46. The highest BCUT2D eigenvalue weighted by molar-refractivity contribution is 5.98. The first-order valence-electron chi connectivity index (χ1n) is 6.49. The van der Waals surface area contributed by atoms with E-state index in [0.29, 0.717) is 6.08 Å². The summed E-state index contributed by atoms with van der Waals surface area (Å²) in [5.74, 6) is -7.35. The van der Waals surface area contributed by atoms with Gasteiger partial charge in [-0.15, -0.1) is 0 Å². The molecule has 10 nitrogen and oxygen atoms in total. The molecule has 0 bridgehead atoms. The quantitative estimate of drug-likeness (QED) is 0.331. The number of ether oxygens (including phenoxy) is 2. The first-order valence-corrected chi connectivity index (χ1v) is 6.49. The second kappa shape index (κ2) is 10.3. The van der Waals surface area contributed by atoms with Crippen molar-refractivity contribution in [2.75, 3.05) is 0 Å². The first-order chi connectivity index (χ1) is 11.5. The van der Waals surface area contributed by atoms with Gasteiger partial charge in [0, 0.05) is 17.2 Å². The predicted molar refractivity (Wildman–Crippen MR) is 78.7 cm³/mol. The zero-order chi connectivity index (χ0) is 19.6. The molecule has 0 aliphatic carbocycles. The van der Waals surface area contributed by atoms with E-state index >= 15 is 0 Å². The van der Waals surface area contributed by atoms with E-state index in [9.17, 15) is 28.8 Å². The summed E-state index contributed by atoms with van der Waals surface area (Å²) < 4.78 is 8.49. The summed E-state index contributed by atoms with van der Waals surface area (Å²) in [5, 5.41) is 17.0. The fourth-order valence-corrected chi connectivity index (χ4v) is 1.14. The van der Waals surface area contributed by atoms with Gasteiger partial charge in [-0.2, -0.15) is 0 Å². The van der Waals surface area contributed by atoms with Crippen LogP contribution in [0.25, 0.3) is 0 Å². The van der Waals surface area contributed by atoms with Gasteiger partial charge in [-0.3, -0.25) is 14.4 Å². The van der Waals surface area contributed by atoms with Crippen LogP contribution in [0.4, 0.5) is 0 Å². The van der Waals surface area contributed by atoms with E-state index in [2.05, 4.69) is 22.6 Å². The highest BCUT2D eigenvalue weighted by Gasteiger charge is 2.15. The SMILES string of the molecule is C=C(CC(=O)OC(=O)/C=C/CC(=O)OC(=O)CC(=C)C(=O)O)C(=O)O. The molecule has 0 unspecified atom stereocenters. The van der Waals surface area contributed by atoms with Crippen LogP contribution in [0.2, 0.25) is 0 Å². The number of carboxylic acid groups (broad SMARTS) is 2. The van der Waals surface area contributed by atoms with Crippen LogP contribution in [0, 0.1) is 0 Å². The molecule has 0 aromatic rings. The van der Waals surface area contributed by atoms with Crippen LogP contribution in [0.5, 0.6) is 0 Å². The van der Waals surface area contributed by atoms with Gasteiger partial charge < -0.3 is 19.7 Å². The fraction of sp³-hybridized carbons (Fsp3) is 0.200. The van der Waals surface area contributed by atoms with E-state index in [4.69, 9.17) is 10.2 Å². The van der Waals surface area contributed by atoms with E-state index in [-0.39, 0.29) is 0 Å². The second-order valence-corrected chi connectivity index (χ2v) is 4.42. The molecule has 134 valence electrons. The lowest BCUT2D eigenvalue weighted by Crippen LogP contribution is -2.15. The number of carboxylic acids is 2. The standard InChI is InChI=1S/C15H14O10/c1-8(14(20)21)6-12(18)24-10(16)4-3-5-11(17)25-13(19)7-9(2)15(22)23/h3-4H,1-2,5-7H2,(H,20,21)(H,22,23)/b4-3+. The van der Waals surface area contributed by atoms with E-state index in [1.807, 2.05) is 0 Å². The predicted octanol–water partition coefficient (Wildman–Crippen LogP) is 0.134. The van der Waals surface area contributed by atoms with Crippen molar-refractivity contribution < 1.29 is 48.5 Å². The molecule has 25 heavy (non-hydrogen) atoms. The van der Waals surface area contributed by atoms with Crippen LogP contribution in [0.1, 0.15) is 19.3 Å². The van der Waals surface area contributed by atoms with E-state index in [0.717, 1.165) is 6.08 Å². The van der Waals surface area contributed by atoms with Crippen LogP contribution < -0.4 is 0 Å². The number of carbonyl (C=O) groups is 6. The number of esters is 4. The Morgan fingerprint density at radius 3 is 1.64 bits per heavy atom. The molecule has 0 rings (SSSR count). The van der Waals surface area contributed by atoms with Crippen LogP contribution in [0.3, 0.4) is 0 Å². The van der Waals surface area contributed by atoms with Crippen LogP contribution >= 0.6 is 0 Å². The maximum atomic E-state index is 11.3. The van der Waals surface area contributed by atoms with Crippen molar-refractivity contribution in [1.29, 1.82) is 0 Å².